The summed E-state index contributed by atoms with van der Waals surface area (Å²) in [6.07, 6.45) is 2.20. The van der Waals surface area contributed by atoms with E-state index < -0.39 is 6.10 Å². The minimum atomic E-state index is -0.515. The van der Waals surface area contributed by atoms with Gasteiger partial charge >= 0.3 is 0 Å². The molecule has 0 aromatic heterocycles. The number of benzene rings is 1. The average Bonchev–Trinajstić information content (AvgIpc) is 2.36. The maximum atomic E-state index is 11.9. The highest BCUT2D eigenvalue weighted by atomic mass is 32.2. The van der Waals surface area contributed by atoms with E-state index >= 15 is 0 Å². The second kappa shape index (κ2) is 7.51. The minimum Gasteiger partial charge on any atom is -0.392 e. The Hall–Kier alpha value is -0.800. The van der Waals surface area contributed by atoms with E-state index in [1.165, 1.54) is 11.8 Å². The molecule has 2 nitrogen and oxygen atoms in total. The molecule has 0 saturated heterocycles. The normalized spacial score (nSPS) is 14.3. The van der Waals surface area contributed by atoms with Gasteiger partial charge in [-0.05, 0) is 18.6 Å². The lowest BCUT2D eigenvalue weighted by Gasteiger charge is -2.16. The van der Waals surface area contributed by atoms with Gasteiger partial charge in [0.1, 0.15) is 0 Å². The van der Waals surface area contributed by atoms with Gasteiger partial charge in [-0.15, -0.1) is 0 Å². The van der Waals surface area contributed by atoms with Crippen molar-refractivity contribution in [3.8, 4) is 0 Å². The van der Waals surface area contributed by atoms with Crippen LogP contribution in [0.1, 0.15) is 33.1 Å². The van der Waals surface area contributed by atoms with E-state index in [2.05, 4.69) is 6.92 Å². The van der Waals surface area contributed by atoms with Crippen LogP contribution in [0.3, 0.4) is 0 Å². The van der Waals surface area contributed by atoms with E-state index in [-0.39, 0.29) is 11.0 Å². The Morgan fingerprint density at radius 3 is 2.59 bits per heavy atom. The van der Waals surface area contributed by atoms with Crippen LogP contribution < -0.4 is 0 Å². The summed E-state index contributed by atoms with van der Waals surface area (Å²) >= 11 is 1.21. The number of hydrogen-bond acceptors (Lipinski definition) is 3. The molecular formula is C14H20O2S. The van der Waals surface area contributed by atoms with Crippen molar-refractivity contribution in [2.24, 2.45) is 5.92 Å². The van der Waals surface area contributed by atoms with E-state index in [9.17, 15) is 9.90 Å². The zero-order valence-electron chi connectivity index (χ0n) is 10.4. The summed E-state index contributed by atoms with van der Waals surface area (Å²) < 4.78 is 0. The van der Waals surface area contributed by atoms with Crippen LogP contribution in [0.5, 0.6) is 0 Å². The van der Waals surface area contributed by atoms with Gasteiger partial charge in [-0.3, -0.25) is 4.79 Å². The molecule has 1 rings (SSSR count). The molecular weight excluding hydrogens is 232 g/mol. The third-order valence-electron chi connectivity index (χ3n) is 2.76. The molecule has 0 unspecified atom stereocenters. The molecule has 1 aromatic rings. The molecule has 0 saturated carbocycles. The molecule has 0 spiro atoms. The Labute approximate surface area is 107 Å². The molecule has 0 aliphatic heterocycles. The first-order valence-corrected chi connectivity index (χ1v) is 6.91. The summed E-state index contributed by atoms with van der Waals surface area (Å²) in [6, 6.07) is 9.57. The van der Waals surface area contributed by atoms with Crippen LogP contribution in [0.15, 0.2) is 35.2 Å². The Kier molecular flexibility index (Phi) is 6.30. The molecule has 0 radical (unpaired) electrons. The van der Waals surface area contributed by atoms with Gasteiger partial charge < -0.3 is 5.11 Å². The summed E-state index contributed by atoms with van der Waals surface area (Å²) in [7, 11) is 0. The molecule has 0 aliphatic rings. The molecule has 2 atom stereocenters. The monoisotopic (exact) mass is 252 g/mol. The molecule has 0 heterocycles. The van der Waals surface area contributed by atoms with Gasteiger partial charge in [0, 0.05) is 4.90 Å². The molecule has 1 aromatic carbocycles. The average molecular weight is 252 g/mol. The number of unbranched alkanes of at least 4 members (excludes halogenated alkanes) is 1. The molecule has 94 valence electrons. The lowest BCUT2D eigenvalue weighted by molar-refractivity contribution is -0.117. The molecule has 0 aliphatic carbocycles. The highest BCUT2D eigenvalue weighted by molar-refractivity contribution is 8.13. The second-order valence-electron chi connectivity index (χ2n) is 4.23. The Morgan fingerprint density at radius 1 is 1.35 bits per heavy atom. The molecule has 17 heavy (non-hydrogen) atoms. The molecule has 0 amide bonds. The maximum Gasteiger partial charge on any atom is 0.199 e. The minimum absolute atomic E-state index is 0.0415. The van der Waals surface area contributed by atoms with Crippen LogP contribution in [-0.4, -0.2) is 16.3 Å². The van der Waals surface area contributed by atoms with Crippen LogP contribution in [0, 0.1) is 5.92 Å². The lowest BCUT2D eigenvalue weighted by atomic mass is 10.0. The molecule has 0 bridgehead atoms. The number of thioether (sulfide) groups is 1. The highest BCUT2D eigenvalue weighted by Crippen LogP contribution is 2.24. The summed E-state index contributed by atoms with van der Waals surface area (Å²) in [5.74, 6) is -0.299. The van der Waals surface area contributed by atoms with E-state index in [1.54, 1.807) is 6.92 Å². The van der Waals surface area contributed by atoms with Gasteiger partial charge in [0.15, 0.2) is 5.12 Å². The fourth-order valence-corrected chi connectivity index (χ4v) is 2.39. The molecule has 1 N–H and O–H groups in total. The van der Waals surface area contributed by atoms with Crippen molar-refractivity contribution in [1.82, 2.24) is 0 Å². The quantitative estimate of drug-likeness (QED) is 0.787. The number of carbonyl (C=O) groups is 1. The smallest absolute Gasteiger partial charge is 0.199 e. The van der Waals surface area contributed by atoms with Crippen molar-refractivity contribution in [3.63, 3.8) is 0 Å². The Balaban J connectivity index is 2.47. The number of hydrogen-bond donors (Lipinski definition) is 1. The van der Waals surface area contributed by atoms with Crippen LogP contribution in [0.2, 0.25) is 0 Å². The van der Waals surface area contributed by atoms with Gasteiger partial charge in [-0.25, -0.2) is 0 Å². The van der Waals surface area contributed by atoms with E-state index in [4.69, 9.17) is 0 Å². The largest absolute Gasteiger partial charge is 0.392 e. The van der Waals surface area contributed by atoms with Gasteiger partial charge in [0.25, 0.3) is 0 Å². The zero-order valence-corrected chi connectivity index (χ0v) is 11.2. The number of carbonyl (C=O) groups excluding carboxylic acids is 1. The predicted molar refractivity (Wildman–Crippen MR) is 72.0 cm³/mol. The van der Waals surface area contributed by atoms with Crippen molar-refractivity contribution < 1.29 is 9.90 Å². The highest BCUT2D eigenvalue weighted by Gasteiger charge is 2.22. The van der Waals surface area contributed by atoms with Crippen molar-refractivity contribution in [3.05, 3.63) is 30.3 Å². The Morgan fingerprint density at radius 2 is 2.00 bits per heavy atom. The van der Waals surface area contributed by atoms with Crippen molar-refractivity contribution >= 4 is 16.9 Å². The number of aliphatic hydroxyl groups excluding tert-OH is 1. The van der Waals surface area contributed by atoms with Crippen LogP contribution in [0.4, 0.5) is 0 Å². The summed E-state index contributed by atoms with van der Waals surface area (Å²) in [5, 5.41) is 9.90. The van der Waals surface area contributed by atoms with Crippen molar-refractivity contribution in [2.45, 2.75) is 44.1 Å². The number of rotatable bonds is 6. The summed E-state index contributed by atoms with van der Waals surface area (Å²) in [4.78, 5) is 12.9. The molecule has 3 heteroatoms. The summed E-state index contributed by atoms with van der Waals surface area (Å²) in [5.41, 5.74) is 0. The van der Waals surface area contributed by atoms with Crippen molar-refractivity contribution in [2.75, 3.05) is 0 Å². The third kappa shape index (κ3) is 4.92. The first-order valence-electron chi connectivity index (χ1n) is 6.10. The topological polar surface area (TPSA) is 37.3 Å². The SMILES string of the molecule is CCCC[C@@H](O)[C@H](C)C(=O)Sc1ccccc1. The van der Waals surface area contributed by atoms with Crippen molar-refractivity contribution in [1.29, 1.82) is 0 Å². The fraction of sp³-hybridized carbons (Fsp3) is 0.500. The summed E-state index contributed by atoms with van der Waals surface area (Å²) in [6.45, 7) is 3.89. The van der Waals surface area contributed by atoms with E-state index in [1.807, 2.05) is 30.3 Å². The molecule has 0 fully saturated rings. The first kappa shape index (κ1) is 14.3. The Bertz CT molecular complexity index is 337. The number of aliphatic hydroxyl groups is 1. The van der Waals surface area contributed by atoms with Crippen LogP contribution in [-0.2, 0) is 4.79 Å². The van der Waals surface area contributed by atoms with Crippen LogP contribution in [0.25, 0.3) is 0 Å². The second-order valence-corrected chi connectivity index (χ2v) is 5.31. The lowest BCUT2D eigenvalue weighted by Crippen LogP contribution is -2.23. The standard InChI is InChI=1S/C14H20O2S/c1-3-4-10-13(15)11(2)14(16)17-12-8-6-5-7-9-12/h5-9,11,13,15H,3-4,10H2,1-2H3/t11-,13+/m0/s1. The van der Waals surface area contributed by atoms with Crippen LogP contribution >= 0.6 is 11.8 Å². The zero-order chi connectivity index (χ0) is 12.7. The fourth-order valence-electron chi connectivity index (χ4n) is 1.52. The van der Waals surface area contributed by atoms with Gasteiger partial charge in [-0.2, -0.15) is 0 Å². The van der Waals surface area contributed by atoms with Gasteiger partial charge in [0.2, 0.25) is 0 Å². The van der Waals surface area contributed by atoms with Gasteiger partial charge in [-0.1, -0.05) is 56.7 Å². The first-order chi connectivity index (χ1) is 8.15. The van der Waals surface area contributed by atoms with E-state index in [0.29, 0.717) is 6.42 Å². The maximum absolute atomic E-state index is 11.9. The third-order valence-corrected chi connectivity index (χ3v) is 3.84. The van der Waals surface area contributed by atoms with E-state index in [0.717, 1.165) is 17.7 Å². The van der Waals surface area contributed by atoms with Gasteiger partial charge in [0.05, 0.1) is 12.0 Å². The predicted octanol–water partition coefficient (Wildman–Crippen LogP) is 3.49.